The molecule has 0 aliphatic carbocycles. The van der Waals surface area contributed by atoms with Crippen molar-refractivity contribution in [3.63, 3.8) is 0 Å². The molecule has 2 aliphatic heterocycles. The monoisotopic (exact) mass is 495 g/mol. The summed E-state index contributed by atoms with van der Waals surface area (Å²) in [5.41, 5.74) is 4.60. The average Bonchev–Trinajstić information content (AvgIpc) is 3.05. The highest BCUT2D eigenvalue weighted by Crippen LogP contribution is 2.47. The summed E-state index contributed by atoms with van der Waals surface area (Å²) >= 11 is 3.68. The van der Waals surface area contributed by atoms with Crippen LogP contribution in [-0.4, -0.2) is 37.1 Å². The fraction of sp³-hybridized carbons (Fsp3) is 0.320. The second kappa shape index (κ2) is 9.24. The summed E-state index contributed by atoms with van der Waals surface area (Å²) in [6.07, 6.45) is 2.12. The van der Waals surface area contributed by atoms with E-state index in [1.165, 1.54) is 16.7 Å². The molecule has 2 aliphatic rings. The van der Waals surface area contributed by atoms with Crippen LogP contribution in [0.25, 0.3) is 5.57 Å². The molecule has 2 aromatic carbocycles. The number of benzene rings is 2. The lowest BCUT2D eigenvalue weighted by molar-refractivity contribution is -0.0644. The van der Waals surface area contributed by atoms with Gasteiger partial charge >= 0.3 is 0 Å². The Labute approximate surface area is 195 Å². The topological polar surface area (TPSA) is 28.1 Å². The van der Waals surface area contributed by atoms with Crippen LogP contribution in [0.5, 0.6) is 0 Å². The maximum absolute atomic E-state index is 6.24. The van der Waals surface area contributed by atoms with Crippen molar-refractivity contribution >= 4 is 35.3 Å². The fourth-order valence-corrected chi connectivity index (χ4v) is 4.89. The predicted molar refractivity (Wildman–Crippen MR) is 135 cm³/mol. The standard InChI is InChI=1S/C25H30BrN3OSi/c1-19-22(26)17-28-25(27-19)23(20-11-7-5-8-12-20)24(21-13-9-6-10-14-21)29(28)18-30-15-16-31(2,3)4/h5-14,17,24H,15-16,18H2,1-4H3. The summed E-state index contributed by atoms with van der Waals surface area (Å²) in [7, 11) is -1.14. The van der Waals surface area contributed by atoms with Crippen LogP contribution in [0.15, 0.2) is 82.2 Å². The van der Waals surface area contributed by atoms with Crippen LogP contribution in [0.2, 0.25) is 25.7 Å². The molecule has 0 saturated heterocycles. The molecule has 1 atom stereocenters. The molecule has 1 unspecified atom stereocenters. The Kier molecular flexibility index (Phi) is 6.62. The molecule has 162 valence electrons. The minimum absolute atomic E-state index is 0.0247. The molecular formula is C25H30BrN3OSi. The maximum Gasteiger partial charge on any atom is 0.153 e. The van der Waals surface area contributed by atoms with Gasteiger partial charge in [0.05, 0.1) is 16.2 Å². The van der Waals surface area contributed by atoms with Gasteiger partial charge in [-0.2, -0.15) is 5.01 Å². The minimum Gasteiger partial charge on any atom is -0.365 e. The van der Waals surface area contributed by atoms with Gasteiger partial charge in [-0.25, -0.2) is 4.99 Å². The van der Waals surface area contributed by atoms with Crippen LogP contribution >= 0.6 is 15.9 Å². The number of ether oxygens (including phenoxy) is 1. The van der Waals surface area contributed by atoms with Gasteiger partial charge in [-0.1, -0.05) is 80.3 Å². The number of halogens is 1. The Bertz CT molecular complexity index is 1010. The van der Waals surface area contributed by atoms with Crippen molar-refractivity contribution in [1.82, 2.24) is 10.0 Å². The summed E-state index contributed by atoms with van der Waals surface area (Å²) in [5, 5.41) is 4.44. The van der Waals surface area contributed by atoms with E-state index in [2.05, 4.69) is 112 Å². The van der Waals surface area contributed by atoms with Crippen LogP contribution in [0.4, 0.5) is 0 Å². The first kappa shape index (κ1) is 22.2. The van der Waals surface area contributed by atoms with E-state index in [9.17, 15) is 0 Å². The summed E-state index contributed by atoms with van der Waals surface area (Å²) < 4.78 is 7.23. The molecule has 0 bridgehead atoms. The maximum atomic E-state index is 6.24. The van der Waals surface area contributed by atoms with E-state index in [1.54, 1.807) is 0 Å². The normalized spacial score (nSPS) is 19.4. The van der Waals surface area contributed by atoms with Crippen molar-refractivity contribution in [2.24, 2.45) is 4.99 Å². The third-order valence-corrected chi connectivity index (χ3v) is 8.06. The van der Waals surface area contributed by atoms with Gasteiger partial charge in [0.15, 0.2) is 5.82 Å². The van der Waals surface area contributed by atoms with Crippen LogP contribution in [-0.2, 0) is 4.74 Å². The van der Waals surface area contributed by atoms with Crippen molar-refractivity contribution in [1.29, 1.82) is 0 Å². The minimum atomic E-state index is -1.14. The Hall–Kier alpha value is -1.99. The average molecular weight is 497 g/mol. The van der Waals surface area contributed by atoms with E-state index in [1.807, 2.05) is 6.92 Å². The van der Waals surface area contributed by atoms with Crippen molar-refractivity contribution in [2.75, 3.05) is 13.3 Å². The molecule has 4 rings (SSSR count). The highest BCUT2D eigenvalue weighted by molar-refractivity contribution is 9.12. The van der Waals surface area contributed by atoms with Crippen LogP contribution in [0, 0.1) is 0 Å². The van der Waals surface area contributed by atoms with Gasteiger partial charge in [-0.05, 0) is 40.0 Å². The van der Waals surface area contributed by atoms with Crippen molar-refractivity contribution in [3.8, 4) is 0 Å². The van der Waals surface area contributed by atoms with E-state index in [0.29, 0.717) is 6.73 Å². The van der Waals surface area contributed by atoms with E-state index in [-0.39, 0.29) is 6.04 Å². The van der Waals surface area contributed by atoms with Crippen LogP contribution in [0.1, 0.15) is 24.1 Å². The van der Waals surface area contributed by atoms with Gasteiger partial charge in [-0.15, -0.1) is 0 Å². The number of nitrogens with zero attached hydrogens (tertiary/aromatic N) is 3. The molecule has 2 heterocycles. The van der Waals surface area contributed by atoms with E-state index < -0.39 is 8.07 Å². The van der Waals surface area contributed by atoms with Crippen molar-refractivity contribution in [2.45, 2.75) is 38.7 Å². The summed E-state index contributed by atoms with van der Waals surface area (Å²) in [5.74, 6) is 0.967. The Morgan fingerprint density at radius 3 is 2.29 bits per heavy atom. The van der Waals surface area contributed by atoms with Gasteiger partial charge in [0, 0.05) is 26.5 Å². The number of hydrogen-bond donors (Lipinski definition) is 0. The molecule has 0 N–H and O–H groups in total. The zero-order chi connectivity index (χ0) is 22.0. The number of allylic oxidation sites excluding steroid dienone is 1. The van der Waals surface area contributed by atoms with Gasteiger partial charge < -0.3 is 4.74 Å². The van der Waals surface area contributed by atoms with Gasteiger partial charge in [0.1, 0.15) is 6.73 Å². The molecule has 0 radical (unpaired) electrons. The lowest BCUT2D eigenvalue weighted by Gasteiger charge is -2.34. The van der Waals surface area contributed by atoms with E-state index in [4.69, 9.17) is 9.73 Å². The zero-order valence-electron chi connectivity index (χ0n) is 18.7. The number of hydrogen-bond acceptors (Lipinski definition) is 4. The highest BCUT2D eigenvalue weighted by Gasteiger charge is 2.41. The van der Waals surface area contributed by atoms with E-state index >= 15 is 0 Å². The molecule has 0 fully saturated rings. The highest BCUT2D eigenvalue weighted by atomic mass is 79.9. The third-order valence-electron chi connectivity index (χ3n) is 5.58. The first-order chi connectivity index (χ1) is 14.8. The molecule has 6 heteroatoms. The summed E-state index contributed by atoms with van der Waals surface area (Å²) in [6, 6.07) is 22.4. The molecule has 31 heavy (non-hydrogen) atoms. The van der Waals surface area contributed by atoms with Gasteiger partial charge in [-0.3, -0.25) is 5.01 Å². The largest absolute Gasteiger partial charge is 0.365 e. The Balaban J connectivity index is 1.75. The molecule has 2 aromatic rings. The summed E-state index contributed by atoms with van der Waals surface area (Å²) in [4.78, 5) is 4.99. The molecule has 0 spiro atoms. The van der Waals surface area contributed by atoms with E-state index in [0.717, 1.165) is 28.7 Å². The first-order valence-electron chi connectivity index (χ1n) is 10.8. The van der Waals surface area contributed by atoms with Crippen molar-refractivity contribution in [3.05, 3.63) is 88.3 Å². The fourth-order valence-electron chi connectivity index (χ4n) is 3.85. The number of aliphatic imine (C=N–C) groups is 1. The molecular weight excluding hydrogens is 466 g/mol. The number of rotatable bonds is 7. The zero-order valence-corrected chi connectivity index (χ0v) is 21.3. The Morgan fingerprint density at radius 2 is 1.65 bits per heavy atom. The molecule has 0 saturated carbocycles. The van der Waals surface area contributed by atoms with Gasteiger partial charge in [0.2, 0.25) is 0 Å². The molecule has 4 nitrogen and oxygen atoms in total. The number of fused-ring (bicyclic) bond motifs is 1. The van der Waals surface area contributed by atoms with Crippen molar-refractivity contribution < 1.29 is 4.74 Å². The van der Waals surface area contributed by atoms with Crippen LogP contribution in [0.3, 0.4) is 0 Å². The summed E-state index contributed by atoms with van der Waals surface area (Å²) in [6.45, 7) is 10.5. The van der Waals surface area contributed by atoms with Gasteiger partial charge in [0.25, 0.3) is 0 Å². The quantitative estimate of drug-likeness (QED) is 0.317. The Morgan fingerprint density at radius 1 is 1.00 bits per heavy atom. The van der Waals surface area contributed by atoms with Crippen LogP contribution < -0.4 is 0 Å². The third kappa shape index (κ3) is 4.93. The number of hydrazine groups is 1. The molecule has 0 aromatic heterocycles. The second-order valence-electron chi connectivity index (χ2n) is 9.22. The predicted octanol–water partition coefficient (Wildman–Crippen LogP) is 6.65. The lowest BCUT2D eigenvalue weighted by atomic mass is 9.93. The second-order valence-corrected chi connectivity index (χ2v) is 15.7. The molecule has 0 amide bonds. The first-order valence-corrected chi connectivity index (χ1v) is 15.3. The smallest absolute Gasteiger partial charge is 0.153 e. The lowest BCUT2D eigenvalue weighted by Crippen LogP contribution is -2.39. The SMILES string of the molecule is CC1=NC2=C(c3ccccc3)C(c3ccccc3)N(COCC[Si](C)(C)C)N2C=C1Br.